The Morgan fingerprint density at radius 2 is 2.09 bits per heavy atom. The van der Waals surface area contributed by atoms with Crippen molar-refractivity contribution in [3.8, 4) is 0 Å². The first kappa shape index (κ1) is 17.6. The van der Waals surface area contributed by atoms with Gasteiger partial charge >= 0.3 is 6.09 Å². The average Bonchev–Trinajstić information content (AvgIpc) is 2.52. The van der Waals surface area contributed by atoms with Gasteiger partial charge in [-0.05, 0) is 36.5 Å². The van der Waals surface area contributed by atoms with E-state index in [1.165, 1.54) is 12.8 Å². The minimum Gasteiger partial charge on any atom is -0.449 e. The van der Waals surface area contributed by atoms with Crippen LogP contribution >= 0.6 is 0 Å². The van der Waals surface area contributed by atoms with E-state index in [0.29, 0.717) is 24.5 Å². The highest BCUT2D eigenvalue weighted by Crippen LogP contribution is 2.38. The van der Waals surface area contributed by atoms with Crippen LogP contribution in [0.1, 0.15) is 46.5 Å². The van der Waals surface area contributed by atoms with Crippen LogP contribution in [0.15, 0.2) is 0 Å². The van der Waals surface area contributed by atoms with Crippen LogP contribution in [0.4, 0.5) is 4.79 Å². The zero-order chi connectivity index (χ0) is 16.4. The summed E-state index contributed by atoms with van der Waals surface area (Å²) in [5.41, 5.74) is 0.334. The molecule has 2 rings (SSSR count). The van der Waals surface area contributed by atoms with Crippen molar-refractivity contribution in [3.63, 3.8) is 0 Å². The second kappa shape index (κ2) is 6.77. The lowest BCUT2D eigenvalue weighted by Crippen LogP contribution is -2.37. The third kappa shape index (κ3) is 5.14. The second-order valence-electron chi connectivity index (χ2n) is 7.87. The highest BCUT2D eigenvalue weighted by molar-refractivity contribution is 7.91. The van der Waals surface area contributed by atoms with E-state index in [9.17, 15) is 13.2 Å². The summed E-state index contributed by atoms with van der Waals surface area (Å²) in [6.07, 6.45) is 4.27. The number of hydrogen-bond donors (Lipinski definition) is 0. The molecule has 1 saturated heterocycles. The monoisotopic (exact) mass is 331 g/mol. The van der Waals surface area contributed by atoms with Crippen molar-refractivity contribution in [2.24, 2.45) is 17.3 Å². The van der Waals surface area contributed by atoms with Crippen LogP contribution in [0.5, 0.6) is 0 Å². The smallest absolute Gasteiger partial charge is 0.409 e. The fourth-order valence-electron chi connectivity index (χ4n) is 3.73. The normalized spacial score (nSPS) is 31.3. The maximum Gasteiger partial charge on any atom is 0.409 e. The summed E-state index contributed by atoms with van der Waals surface area (Å²) >= 11 is 0. The Kier molecular flexibility index (Phi) is 5.41. The fraction of sp³-hybridized carbons (Fsp3) is 0.938. The summed E-state index contributed by atoms with van der Waals surface area (Å²) in [5, 5.41) is 0. The van der Waals surface area contributed by atoms with Crippen molar-refractivity contribution >= 4 is 15.9 Å². The third-order valence-corrected chi connectivity index (χ3v) is 6.63. The first-order valence-electron chi connectivity index (χ1n) is 8.29. The van der Waals surface area contributed by atoms with E-state index in [4.69, 9.17) is 4.74 Å². The molecule has 0 aromatic carbocycles. The number of hydrogen-bond acceptors (Lipinski definition) is 4. The van der Waals surface area contributed by atoms with E-state index >= 15 is 0 Å². The largest absolute Gasteiger partial charge is 0.449 e. The van der Waals surface area contributed by atoms with Crippen molar-refractivity contribution < 1.29 is 17.9 Å². The van der Waals surface area contributed by atoms with Crippen molar-refractivity contribution in [3.05, 3.63) is 0 Å². The third-order valence-electron chi connectivity index (χ3n) is 4.75. The van der Waals surface area contributed by atoms with E-state index in [2.05, 4.69) is 13.8 Å². The molecule has 22 heavy (non-hydrogen) atoms. The Balaban J connectivity index is 1.84. The Bertz CT molecular complexity index is 500. The molecule has 2 fully saturated rings. The van der Waals surface area contributed by atoms with Gasteiger partial charge in [0.2, 0.25) is 0 Å². The van der Waals surface area contributed by atoms with E-state index in [1.807, 2.05) is 6.92 Å². The molecule has 128 valence electrons. The molecule has 6 heteroatoms. The van der Waals surface area contributed by atoms with Crippen LogP contribution in [0.3, 0.4) is 0 Å². The molecule has 0 N–H and O–H groups in total. The predicted molar refractivity (Wildman–Crippen MR) is 86.5 cm³/mol. The van der Waals surface area contributed by atoms with Crippen LogP contribution in [-0.4, -0.2) is 50.6 Å². The minimum absolute atomic E-state index is 0.0336. The molecule has 0 aromatic heterocycles. The summed E-state index contributed by atoms with van der Waals surface area (Å²) in [7, 11) is -3.04. The number of sulfone groups is 1. The molecular weight excluding hydrogens is 302 g/mol. The lowest BCUT2D eigenvalue weighted by molar-refractivity contribution is 0.0624. The average molecular weight is 331 g/mol. The van der Waals surface area contributed by atoms with Gasteiger partial charge in [-0.2, -0.15) is 0 Å². The SMILES string of the molecule is CC1CN(C(=O)OCC2CCCC(C)(C)C2)CCS(=O)(=O)C1. The molecule has 2 aliphatic rings. The van der Waals surface area contributed by atoms with E-state index in [-0.39, 0.29) is 30.1 Å². The van der Waals surface area contributed by atoms with Gasteiger partial charge in [-0.15, -0.1) is 0 Å². The number of ether oxygens (including phenoxy) is 1. The van der Waals surface area contributed by atoms with Gasteiger partial charge < -0.3 is 9.64 Å². The first-order chi connectivity index (χ1) is 10.2. The van der Waals surface area contributed by atoms with Crippen molar-refractivity contribution in [1.82, 2.24) is 4.90 Å². The number of nitrogens with zero attached hydrogens (tertiary/aromatic N) is 1. The molecule has 1 aliphatic heterocycles. The van der Waals surface area contributed by atoms with E-state index in [0.717, 1.165) is 12.8 Å². The number of carbonyl (C=O) groups excluding carboxylic acids is 1. The lowest BCUT2D eigenvalue weighted by atomic mass is 9.72. The minimum atomic E-state index is -3.04. The van der Waals surface area contributed by atoms with E-state index in [1.54, 1.807) is 4.90 Å². The molecule has 1 amide bonds. The number of rotatable bonds is 2. The molecular formula is C16H29NO4S. The van der Waals surface area contributed by atoms with Crippen molar-refractivity contribution in [1.29, 1.82) is 0 Å². The van der Waals surface area contributed by atoms with Gasteiger partial charge in [0, 0.05) is 13.1 Å². The van der Waals surface area contributed by atoms with Gasteiger partial charge in [0.15, 0.2) is 9.84 Å². The van der Waals surface area contributed by atoms with Crippen molar-refractivity contribution in [2.45, 2.75) is 46.5 Å². The molecule has 2 unspecified atom stereocenters. The Morgan fingerprint density at radius 1 is 1.36 bits per heavy atom. The summed E-state index contributed by atoms with van der Waals surface area (Å²) in [6.45, 7) is 7.58. The predicted octanol–water partition coefficient (Wildman–Crippen LogP) is 2.71. The topological polar surface area (TPSA) is 63.7 Å². The van der Waals surface area contributed by atoms with Crippen LogP contribution < -0.4 is 0 Å². The zero-order valence-electron chi connectivity index (χ0n) is 14.0. The molecule has 1 saturated carbocycles. The highest BCUT2D eigenvalue weighted by Gasteiger charge is 2.31. The highest BCUT2D eigenvalue weighted by atomic mass is 32.2. The summed E-state index contributed by atoms with van der Waals surface area (Å²) in [4.78, 5) is 13.8. The van der Waals surface area contributed by atoms with Gasteiger partial charge in [-0.1, -0.05) is 27.2 Å². The maximum absolute atomic E-state index is 12.2. The quantitative estimate of drug-likeness (QED) is 0.780. The Hall–Kier alpha value is -0.780. The van der Waals surface area contributed by atoms with Crippen LogP contribution in [0.2, 0.25) is 0 Å². The summed E-state index contributed by atoms with van der Waals surface area (Å²) in [6, 6.07) is 0. The standard InChI is InChI=1S/C16H29NO4S/c1-13-10-17(7-8-22(19,20)12-13)15(18)21-11-14-5-4-6-16(2,3)9-14/h13-14H,4-12H2,1-3H3. The molecule has 2 atom stereocenters. The maximum atomic E-state index is 12.2. The fourth-order valence-corrected chi connectivity index (χ4v) is 5.37. The van der Waals surface area contributed by atoms with Gasteiger partial charge in [-0.25, -0.2) is 13.2 Å². The van der Waals surface area contributed by atoms with Gasteiger partial charge in [0.05, 0.1) is 18.1 Å². The van der Waals surface area contributed by atoms with Gasteiger partial charge in [0.25, 0.3) is 0 Å². The molecule has 1 aliphatic carbocycles. The first-order valence-corrected chi connectivity index (χ1v) is 10.1. The Morgan fingerprint density at radius 3 is 2.77 bits per heavy atom. The van der Waals surface area contributed by atoms with Crippen LogP contribution in [0, 0.1) is 17.3 Å². The Labute approximate surface area is 134 Å². The van der Waals surface area contributed by atoms with Gasteiger partial charge in [0.1, 0.15) is 0 Å². The zero-order valence-corrected chi connectivity index (χ0v) is 14.8. The van der Waals surface area contributed by atoms with Gasteiger partial charge in [-0.3, -0.25) is 0 Å². The number of amides is 1. The lowest BCUT2D eigenvalue weighted by Gasteiger charge is -2.35. The molecule has 0 radical (unpaired) electrons. The summed E-state index contributed by atoms with van der Waals surface area (Å²) < 4.78 is 29.0. The number of carbonyl (C=O) groups is 1. The molecule has 1 heterocycles. The molecule has 5 nitrogen and oxygen atoms in total. The summed E-state index contributed by atoms with van der Waals surface area (Å²) in [5.74, 6) is 0.603. The van der Waals surface area contributed by atoms with Crippen LogP contribution in [-0.2, 0) is 14.6 Å². The van der Waals surface area contributed by atoms with Crippen LogP contribution in [0.25, 0.3) is 0 Å². The molecule has 0 aromatic rings. The molecule has 0 bridgehead atoms. The second-order valence-corrected chi connectivity index (χ2v) is 10.1. The van der Waals surface area contributed by atoms with E-state index < -0.39 is 9.84 Å². The van der Waals surface area contributed by atoms with Crippen molar-refractivity contribution in [2.75, 3.05) is 31.2 Å². The molecule has 0 spiro atoms.